The molecule has 0 atom stereocenters. The molecule has 2 rings (SSSR count). The Bertz CT molecular complexity index is 608. The van der Waals surface area contributed by atoms with E-state index >= 15 is 0 Å². The van der Waals surface area contributed by atoms with Crippen LogP contribution in [-0.4, -0.2) is 48.5 Å². The van der Waals surface area contributed by atoms with Crippen molar-refractivity contribution in [1.29, 1.82) is 0 Å². The first-order valence-corrected chi connectivity index (χ1v) is 6.20. The first-order valence-electron chi connectivity index (χ1n) is 4.78. The molecule has 0 aromatic carbocycles. The van der Waals surface area contributed by atoms with Crippen LogP contribution in [0.1, 0.15) is 0 Å². The molecule has 2 aromatic rings. The summed E-state index contributed by atoms with van der Waals surface area (Å²) in [6.07, 6.45) is 1.41. The number of nitrogens with zero attached hydrogens (tertiary/aromatic N) is 4. The normalized spacial score (nSPS) is 10.9. The average molecular weight is 360 g/mol. The van der Waals surface area contributed by atoms with Gasteiger partial charge in [-0.1, -0.05) is 0 Å². The van der Waals surface area contributed by atoms with E-state index in [1.54, 1.807) is 12.1 Å². The predicted octanol–water partition coefficient (Wildman–Crippen LogP) is -0.639. The van der Waals surface area contributed by atoms with E-state index in [1.807, 2.05) is 0 Å². The Balaban J connectivity index is 2.55. The van der Waals surface area contributed by atoms with Gasteiger partial charge in [0, 0.05) is 0 Å². The summed E-state index contributed by atoms with van der Waals surface area (Å²) < 4.78 is 31.3. The van der Waals surface area contributed by atoms with E-state index in [9.17, 15) is 13.6 Å². The van der Waals surface area contributed by atoms with Gasteiger partial charge in [0.1, 0.15) is 0 Å². The second-order valence-corrected chi connectivity index (χ2v) is 4.77. The Hall–Kier alpha value is -1.45. The summed E-state index contributed by atoms with van der Waals surface area (Å²) in [6.45, 7) is -3.05. The Morgan fingerprint density at radius 2 is 2.17 bits per heavy atom. The second kappa shape index (κ2) is 5.04. The molecule has 0 fully saturated rings. The third-order valence-electron chi connectivity index (χ3n) is 2.10. The Morgan fingerprint density at radius 1 is 1.44 bits per heavy atom. The molecule has 0 unspecified atom stereocenters. The second-order valence-electron chi connectivity index (χ2n) is 3.30. The van der Waals surface area contributed by atoms with Gasteiger partial charge in [-0.25, -0.2) is 0 Å². The van der Waals surface area contributed by atoms with E-state index in [2.05, 4.69) is 14.8 Å². The molecule has 0 N–H and O–H groups in total. The third-order valence-corrected chi connectivity index (χ3v) is 2.94. The molecule has 0 aliphatic carbocycles. The van der Waals surface area contributed by atoms with Crippen molar-refractivity contribution in [1.82, 2.24) is 19.3 Å². The zero-order chi connectivity index (χ0) is 13.3. The van der Waals surface area contributed by atoms with Gasteiger partial charge >= 0.3 is 113 Å². The number of rotatable bonds is 3. The van der Waals surface area contributed by atoms with Crippen LogP contribution in [0.2, 0.25) is 0 Å². The van der Waals surface area contributed by atoms with E-state index in [1.165, 1.54) is 13.2 Å². The van der Waals surface area contributed by atoms with Gasteiger partial charge in [0.25, 0.3) is 0 Å². The Kier molecular flexibility index (Phi) is 3.64. The summed E-state index contributed by atoms with van der Waals surface area (Å²) in [5.41, 5.74) is -0.251. The molecule has 0 saturated carbocycles. The van der Waals surface area contributed by atoms with Crippen LogP contribution in [0, 0.1) is 0 Å². The number of ether oxygens (including phenoxy) is 1. The summed E-state index contributed by atoms with van der Waals surface area (Å²) in [7, 11) is 1.35. The number of halogens is 2. The van der Waals surface area contributed by atoms with Gasteiger partial charge in [-0.05, 0) is 0 Å². The van der Waals surface area contributed by atoms with Gasteiger partial charge in [0.05, 0.1) is 0 Å². The van der Waals surface area contributed by atoms with E-state index in [-0.39, 0.29) is 0 Å². The van der Waals surface area contributed by atoms with Gasteiger partial charge in [-0.15, -0.1) is 0 Å². The van der Waals surface area contributed by atoms with Gasteiger partial charge < -0.3 is 0 Å². The van der Waals surface area contributed by atoms with Crippen molar-refractivity contribution >= 4 is 26.2 Å². The van der Waals surface area contributed by atoms with Crippen LogP contribution in [0.4, 0.5) is 8.78 Å². The molecule has 0 amide bonds. The van der Waals surface area contributed by atoms with Gasteiger partial charge in [-0.3, -0.25) is 0 Å². The molecule has 2 heterocycles. The van der Waals surface area contributed by atoms with Crippen LogP contribution in [-0.2, 0) is 7.05 Å². The topological polar surface area (TPSA) is 61.9 Å². The molecule has 0 aliphatic heterocycles. The summed E-state index contributed by atoms with van der Waals surface area (Å²) in [6, 6.07) is 2.83. The standard InChI is InChI=1S/C9H7F2N4O2.Sn/c1-14-9(16)15(6-3-2-4-12-5-6)8(13-14)17-7(10)11;/h2-3,5,7H,1H3;. The summed E-state index contributed by atoms with van der Waals surface area (Å²) >= 11 is 1.12. The first kappa shape index (κ1) is 13.0. The van der Waals surface area contributed by atoms with Crippen molar-refractivity contribution in [3.63, 3.8) is 0 Å². The van der Waals surface area contributed by atoms with Gasteiger partial charge in [0.2, 0.25) is 0 Å². The molecule has 0 aliphatic rings. The quantitative estimate of drug-likeness (QED) is 0.684. The minimum atomic E-state index is -3.05. The molecule has 18 heavy (non-hydrogen) atoms. The van der Waals surface area contributed by atoms with Crippen LogP contribution < -0.4 is 14.1 Å². The molecular formula is C9H7F2N4O2Sn. The SMILES string of the molecule is Cn1nc(OC(F)F)n(-c2cc[c]([Sn])nc2)c1=O. The van der Waals surface area contributed by atoms with Crippen LogP contribution in [0.15, 0.2) is 23.1 Å². The number of aromatic nitrogens is 4. The monoisotopic (exact) mass is 361 g/mol. The molecule has 0 saturated heterocycles. The molecule has 0 bridgehead atoms. The summed E-state index contributed by atoms with van der Waals surface area (Å²) in [5.74, 6) is 0. The van der Waals surface area contributed by atoms with Crippen molar-refractivity contribution in [2.75, 3.05) is 0 Å². The molecular weight excluding hydrogens is 353 g/mol. The number of hydrogen-bond donors (Lipinski definition) is 0. The zero-order valence-electron chi connectivity index (χ0n) is 9.17. The van der Waals surface area contributed by atoms with E-state index < -0.39 is 18.3 Å². The maximum atomic E-state index is 12.2. The zero-order valence-corrected chi connectivity index (χ0v) is 12.0. The van der Waals surface area contributed by atoms with Crippen LogP contribution >= 0.6 is 0 Å². The Morgan fingerprint density at radius 3 is 2.72 bits per heavy atom. The maximum absolute atomic E-state index is 12.2. The summed E-state index contributed by atoms with van der Waals surface area (Å²) in [5, 5.41) is 3.59. The van der Waals surface area contributed by atoms with Gasteiger partial charge in [-0.2, -0.15) is 0 Å². The van der Waals surface area contributed by atoms with Crippen molar-refractivity contribution in [3.05, 3.63) is 28.8 Å². The molecule has 3 radical (unpaired) electrons. The van der Waals surface area contributed by atoms with Crippen molar-refractivity contribution < 1.29 is 13.5 Å². The van der Waals surface area contributed by atoms with E-state index in [0.717, 1.165) is 35.5 Å². The molecule has 93 valence electrons. The average Bonchev–Trinajstić information content (AvgIpc) is 2.55. The molecule has 0 spiro atoms. The van der Waals surface area contributed by atoms with Crippen molar-refractivity contribution in [3.8, 4) is 11.7 Å². The molecule has 6 nitrogen and oxygen atoms in total. The fourth-order valence-corrected chi connectivity index (χ4v) is 1.76. The van der Waals surface area contributed by atoms with Gasteiger partial charge in [0.15, 0.2) is 0 Å². The summed E-state index contributed by atoms with van der Waals surface area (Å²) in [4.78, 5) is 15.8. The third kappa shape index (κ3) is 2.52. The fraction of sp³-hybridized carbons (Fsp3) is 0.222. The molecule has 9 heteroatoms. The van der Waals surface area contributed by atoms with Crippen LogP contribution in [0.25, 0.3) is 5.69 Å². The van der Waals surface area contributed by atoms with E-state index in [0.29, 0.717) is 5.69 Å². The minimum absolute atomic E-state index is 0.329. The number of pyridine rings is 1. The van der Waals surface area contributed by atoms with Crippen LogP contribution in [0.5, 0.6) is 6.01 Å². The number of aryl methyl sites for hydroxylation is 1. The fourth-order valence-electron chi connectivity index (χ4n) is 1.34. The number of hydrogen-bond acceptors (Lipinski definition) is 4. The van der Waals surface area contributed by atoms with E-state index in [4.69, 9.17) is 0 Å². The first-order chi connectivity index (χ1) is 8.49. The van der Waals surface area contributed by atoms with Crippen molar-refractivity contribution in [2.45, 2.75) is 6.61 Å². The van der Waals surface area contributed by atoms with Crippen LogP contribution in [0.3, 0.4) is 0 Å². The molecule has 2 aromatic heterocycles. The Labute approximate surface area is 113 Å². The number of alkyl halides is 2. The van der Waals surface area contributed by atoms with Crippen molar-refractivity contribution in [2.24, 2.45) is 7.05 Å². The predicted molar refractivity (Wildman–Crippen MR) is 58.6 cm³/mol.